The van der Waals surface area contributed by atoms with Crippen molar-refractivity contribution in [1.82, 2.24) is 0 Å². The molecule has 1 rings (SSSR count). The van der Waals surface area contributed by atoms with Crippen LogP contribution in [0.4, 0.5) is 0 Å². The molecule has 0 fully saturated rings. The van der Waals surface area contributed by atoms with E-state index in [2.05, 4.69) is 16.8 Å². The number of rotatable bonds is 1. The van der Waals surface area contributed by atoms with Gasteiger partial charge in [-0.1, -0.05) is 0 Å². The zero-order valence-corrected chi connectivity index (χ0v) is 9.02. The molecule has 0 N–H and O–H groups in total. The van der Waals surface area contributed by atoms with Gasteiger partial charge in [-0.05, 0) is 0 Å². The van der Waals surface area contributed by atoms with Crippen molar-refractivity contribution < 1.29 is 0 Å². The molecule has 1 aliphatic heterocycles. The first-order chi connectivity index (χ1) is 4.84. The molecule has 1 nitrogen and oxygen atoms in total. The van der Waals surface area contributed by atoms with Crippen molar-refractivity contribution in [3.63, 3.8) is 0 Å². The van der Waals surface area contributed by atoms with E-state index < -0.39 is 19.8 Å². The van der Waals surface area contributed by atoms with Gasteiger partial charge in [0.1, 0.15) is 0 Å². The number of hydrogen-bond acceptors (Lipinski definition) is 1. The first-order valence-electron chi connectivity index (χ1n) is 3.93. The van der Waals surface area contributed by atoms with Crippen molar-refractivity contribution in [2.45, 2.75) is 26.2 Å². The van der Waals surface area contributed by atoms with Crippen molar-refractivity contribution in [2.75, 3.05) is 15.9 Å². The molecule has 0 spiro atoms. The van der Waals surface area contributed by atoms with E-state index in [0.29, 0.717) is 0 Å². The van der Waals surface area contributed by atoms with Gasteiger partial charge < -0.3 is 0 Å². The maximum absolute atomic E-state index is 4.61. The van der Waals surface area contributed by atoms with Crippen molar-refractivity contribution in [3.8, 4) is 0 Å². The first-order valence-corrected chi connectivity index (χ1v) is 8.70. The third-order valence-corrected chi connectivity index (χ3v) is 7.38. The summed E-state index contributed by atoms with van der Waals surface area (Å²) >= 11 is -0.666. The molecule has 0 atom stereocenters. The van der Waals surface area contributed by atoms with Crippen LogP contribution in [0.25, 0.3) is 0 Å². The predicted octanol–water partition coefficient (Wildman–Crippen LogP) is 2.72. The molecule has 0 radical (unpaired) electrons. The van der Waals surface area contributed by atoms with Crippen LogP contribution in [0, 0.1) is 0 Å². The van der Waals surface area contributed by atoms with Gasteiger partial charge in [-0.3, -0.25) is 0 Å². The van der Waals surface area contributed by atoms with Crippen LogP contribution in [0.15, 0.2) is 4.99 Å². The van der Waals surface area contributed by atoms with E-state index in [-0.39, 0.29) is 0 Å². The van der Waals surface area contributed by atoms with E-state index >= 15 is 0 Å². The maximum atomic E-state index is 4.61. The van der Waals surface area contributed by atoms with E-state index in [4.69, 9.17) is 0 Å². The average molecular weight is 253 g/mol. The van der Waals surface area contributed by atoms with Crippen molar-refractivity contribution in [1.29, 1.82) is 0 Å². The zero-order chi connectivity index (χ0) is 7.40. The monoisotopic (exact) mass is 253 g/mol. The van der Waals surface area contributed by atoms with Crippen LogP contribution in [-0.4, -0.2) is 19.6 Å². The molecule has 0 bridgehead atoms. The van der Waals surface area contributed by atoms with E-state index in [1.165, 1.54) is 23.7 Å². The van der Waals surface area contributed by atoms with Crippen LogP contribution in [0.2, 0.25) is 0 Å². The van der Waals surface area contributed by atoms with Gasteiger partial charge in [0, 0.05) is 0 Å². The summed E-state index contributed by atoms with van der Waals surface area (Å²) in [4.78, 5) is 7.06. The van der Waals surface area contributed by atoms with Crippen molar-refractivity contribution in [2.24, 2.45) is 4.99 Å². The minimum atomic E-state index is -0.666. The molecule has 0 unspecified atom stereocenters. The fourth-order valence-corrected chi connectivity index (χ4v) is 5.59. The standard InChI is InChI=1S/C8H16IN/c1-3-8-9(2)6-4-5-7-10-8/h3-7H2,1-2H3. The Hall–Kier alpha value is 0.400. The molecule has 60 valence electrons. The summed E-state index contributed by atoms with van der Waals surface area (Å²) in [5.74, 6) is 0. The van der Waals surface area contributed by atoms with E-state index in [1.54, 1.807) is 3.72 Å². The number of nitrogens with zero attached hydrogens (tertiary/aromatic N) is 1. The average Bonchev–Trinajstić information content (AvgIpc) is 2.13. The van der Waals surface area contributed by atoms with Gasteiger partial charge in [0.15, 0.2) is 0 Å². The molecule has 0 aliphatic carbocycles. The fourth-order valence-electron chi connectivity index (χ4n) is 1.16. The van der Waals surface area contributed by atoms with Gasteiger partial charge in [-0.2, -0.15) is 0 Å². The van der Waals surface area contributed by atoms with Gasteiger partial charge in [-0.15, -0.1) is 0 Å². The Morgan fingerprint density at radius 3 is 3.00 bits per heavy atom. The Balaban J connectivity index is 2.53. The molecule has 0 aromatic heterocycles. The molecule has 0 saturated heterocycles. The molecule has 1 heterocycles. The van der Waals surface area contributed by atoms with Gasteiger partial charge in [0.2, 0.25) is 0 Å². The summed E-state index contributed by atoms with van der Waals surface area (Å²) in [7, 11) is 0. The summed E-state index contributed by atoms with van der Waals surface area (Å²) in [5, 5.41) is 0. The summed E-state index contributed by atoms with van der Waals surface area (Å²) in [5.41, 5.74) is 0. The normalized spacial score (nSPS) is 23.8. The number of aliphatic imine (C=N–C) groups is 1. The van der Waals surface area contributed by atoms with Crippen LogP contribution < -0.4 is 0 Å². The van der Waals surface area contributed by atoms with Crippen LogP contribution in [0.3, 0.4) is 0 Å². The van der Waals surface area contributed by atoms with Gasteiger partial charge in [0.05, 0.1) is 0 Å². The van der Waals surface area contributed by atoms with Crippen LogP contribution >= 0.6 is 19.8 Å². The van der Waals surface area contributed by atoms with E-state index in [1.807, 2.05) is 0 Å². The summed E-state index contributed by atoms with van der Waals surface area (Å²) in [6.07, 6.45) is 4.00. The third kappa shape index (κ3) is 2.22. The van der Waals surface area contributed by atoms with Gasteiger partial charge in [0.25, 0.3) is 0 Å². The van der Waals surface area contributed by atoms with Gasteiger partial charge in [-0.25, -0.2) is 0 Å². The van der Waals surface area contributed by atoms with E-state index in [0.717, 1.165) is 6.54 Å². The second-order valence-corrected chi connectivity index (χ2v) is 8.29. The molecule has 0 aromatic carbocycles. The molecule has 10 heavy (non-hydrogen) atoms. The summed E-state index contributed by atoms with van der Waals surface area (Å²) in [6.45, 7) is 3.36. The number of alkyl halides is 2. The first kappa shape index (κ1) is 8.50. The zero-order valence-electron chi connectivity index (χ0n) is 6.86. The van der Waals surface area contributed by atoms with E-state index in [9.17, 15) is 0 Å². The minimum absolute atomic E-state index is 0.666. The molecular formula is C8H16IN. The Morgan fingerprint density at radius 1 is 1.50 bits per heavy atom. The molecular weight excluding hydrogens is 237 g/mol. The summed E-state index contributed by atoms with van der Waals surface area (Å²) < 4.78 is 3.11. The summed E-state index contributed by atoms with van der Waals surface area (Å²) in [6, 6.07) is 0. The van der Waals surface area contributed by atoms with Crippen molar-refractivity contribution in [3.05, 3.63) is 0 Å². The molecule has 1 aliphatic rings. The third-order valence-electron chi connectivity index (χ3n) is 1.77. The molecule has 2 heteroatoms. The molecule has 0 amide bonds. The Bertz CT molecular complexity index is 131. The van der Waals surface area contributed by atoms with Crippen LogP contribution in [0.5, 0.6) is 0 Å². The van der Waals surface area contributed by atoms with Crippen LogP contribution in [0.1, 0.15) is 26.2 Å². The predicted molar refractivity (Wildman–Crippen MR) is 56.6 cm³/mol. The Kier molecular flexibility index (Phi) is 3.66. The van der Waals surface area contributed by atoms with Crippen LogP contribution in [-0.2, 0) is 0 Å². The van der Waals surface area contributed by atoms with Gasteiger partial charge >= 0.3 is 70.6 Å². The molecule has 0 aromatic rings. The Labute approximate surface area is 70.7 Å². The topological polar surface area (TPSA) is 12.4 Å². The fraction of sp³-hybridized carbons (Fsp3) is 0.875. The number of hydrogen-bond donors (Lipinski definition) is 0. The number of halogens is 1. The Morgan fingerprint density at radius 2 is 2.30 bits per heavy atom. The second-order valence-electron chi connectivity index (χ2n) is 2.60. The SMILES string of the molecule is CCC1=NCCCCI1C. The van der Waals surface area contributed by atoms with Crippen molar-refractivity contribution >= 4 is 23.5 Å². The molecule has 0 saturated carbocycles. The quantitative estimate of drug-likeness (QED) is 0.503. The second kappa shape index (κ2) is 4.31.